The lowest BCUT2D eigenvalue weighted by molar-refractivity contribution is -0.132. The fraction of sp³-hybridized carbons (Fsp3) is 0.360. The van der Waals surface area contributed by atoms with Gasteiger partial charge in [-0.05, 0) is 29.2 Å². The zero-order chi connectivity index (χ0) is 23.2. The van der Waals surface area contributed by atoms with E-state index in [0.29, 0.717) is 31.9 Å². The molecule has 0 unspecified atom stereocenters. The van der Waals surface area contributed by atoms with Crippen LogP contribution in [-0.4, -0.2) is 62.5 Å². The standard InChI is InChI=1S/C25H29N5O3/c1-18(2)22-11-23(28-27-22)25(32)30-15-21(33-17-19-7-4-3-5-8-19)14-29(24(31)16-30)13-20-9-6-10-26-12-20/h3-12,18,21H,13-17H2,1-2H3,(H,27,28)/t21-/m1/s1. The van der Waals surface area contributed by atoms with Crippen molar-refractivity contribution in [1.82, 2.24) is 25.0 Å². The van der Waals surface area contributed by atoms with Gasteiger partial charge in [0.25, 0.3) is 5.91 Å². The summed E-state index contributed by atoms with van der Waals surface area (Å²) in [7, 11) is 0. The lowest BCUT2D eigenvalue weighted by Crippen LogP contribution is -2.39. The van der Waals surface area contributed by atoms with Crippen LogP contribution >= 0.6 is 0 Å². The molecular weight excluding hydrogens is 418 g/mol. The van der Waals surface area contributed by atoms with E-state index < -0.39 is 0 Å². The number of amides is 2. The van der Waals surface area contributed by atoms with E-state index in [4.69, 9.17) is 4.74 Å². The van der Waals surface area contributed by atoms with E-state index >= 15 is 0 Å². The van der Waals surface area contributed by atoms with Gasteiger partial charge >= 0.3 is 0 Å². The summed E-state index contributed by atoms with van der Waals surface area (Å²) in [6.07, 6.45) is 3.12. The van der Waals surface area contributed by atoms with Crippen LogP contribution in [0.4, 0.5) is 0 Å². The second kappa shape index (κ2) is 10.4. The van der Waals surface area contributed by atoms with Crippen molar-refractivity contribution in [1.29, 1.82) is 0 Å². The molecule has 1 N–H and O–H groups in total. The van der Waals surface area contributed by atoms with Gasteiger partial charge in [-0.15, -0.1) is 0 Å². The molecule has 1 fully saturated rings. The van der Waals surface area contributed by atoms with Gasteiger partial charge in [-0.2, -0.15) is 5.10 Å². The molecule has 0 bridgehead atoms. The van der Waals surface area contributed by atoms with E-state index in [1.807, 2.05) is 56.3 Å². The Morgan fingerprint density at radius 2 is 1.94 bits per heavy atom. The molecule has 0 aliphatic carbocycles. The van der Waals surface area contributed by atoms with Crippen LogP contribution in [-0.2, 0) is 22.7 Å². The van der Waals surface area contributed by atoms with Gasteiger partial charge in [0.2, 0.25) is 5.91 Å². The molecule has 3 aromatic rings. The Balaban J connectivity index is 1.53. The number of aromatic nitrogens is 3. The minimum Gasteiger partial charge on any atom is -0.370 e. The van der Waals surface area contributed by atoms with Crippen LogP contribution in [0.25, 0.3) is 0 Å². The van der Waals surface area contributed by atoms with Crippen LogP contribution in [0.2, 0.25) is 0 Å². The quantitative estimate of drug-likeness (QED) is 0.601. The van der Waals surface area contributed by atoms with Crippen molar-refractivity contribution in [2.45, 2.75) is 39.0 Å². The zero-order valence-corrected chi connectivity index (χ0v) is 19.0. The Hall–Kier alpha value is -3.52. The molecule has 1 aliphatic rings. The minimum absolute atomic E-state index is 0.0197. The van der Waals surface area contributed by atoms with Crippen LogP contribution in [0.15, 0.2) is 60.9 Å². The number of nitrogens with zero attached hydrogens (tertiary/aromatic N) is 4. The first-order chi connectivity index (χ1) is 16.0. The van der Waals surface area contributed by atoms with Crippen LogP contribution < -0.4 is 0 Å². The average molecular weight is 448 g/mol. The molecule has 0 saturated carbocycles. The first-order valence-corrected chi connectivity index (χ1v) is 11.2. The largest absolute Gasteiger partial charge is 0.370 e. The monoisotopic (exact) mass is 447 g/mol. The highest BCUT2D eigenvalue weighted by atomic mass is 16.5. The topological polar surface area (TPSA) is 91.4 Å². The highest BCUT2D eigenvalue weighted by molar-refractivity contribution is 5.95. The van der Waals surface area contributed by atoms with Gasteiger partial charge < -0.3 is 14.5 Å². The number of ether oxygens (including phenoxy) is 1. The Kier molecular flexibility index (Phi) is 7.14. The van der Waals surface area contributed by atoms with Crippen LogP contribution in [0.1, 0.15) is 47.1 Å². The van der Waals surface area contributed by atoms with Crippen molar-refractivity contribution in [3.05, 3.63) is 83.4 Å². The predicted octanol–water partition coefficient (Wildman–Crippen LogP) is 3.00. The maximum atomic E-state index is 13.2. The number of nitrogens with one attached hydrogen (secondary N) is 1. The van der Waals surface area contributed by atoms with Crippen LogP contribution in [0.5, 0.6) is 0 Å². The Bertz CT molecular complexity index is 1070. The summed E-state index contributed by atoms with van der Waals surface area (Å²) in [6, 6.07) is 15.4. The van der Waals surface area contributed by atoms with Gasteiger partial charge in [-0.25, -0.2) is 0 Å². The molecule has 1 aromatic carbocycles. The van der Waals surface area contributed by atoms with Gasteiger partial charge in [-0.1, -0.05) is 50.2 Å². The zero-order valence-electron chi connectivity index (χ0n) is 19.0. The molecule has 172 valence electrons. The number of rotatable bonds is 7. The molecule has 3 heterocycles. The van der Waals surface area contributed by atoms with Crippen LogP contribution in [0.3, 0.4) is 0 Å². The van der Waals surface area contributed by atoms with Gasteiger partial charge in [0.05, 0.1) is 12.7 Å². The maximum absolute atomic E-state index is 13.2. The van der Waals surface area contributed by atoms with E-state index in [1.54, 1.807) is 28.3 Å². The van der Waals surface area contributed by atoms with Crippen LogP contribution in [0, 0.1) is 0 Å². The Morgan fingerprint density at radius 3 is 2.64 bits per heavy atom. The second-order valence-electron chi connectivity index (χ2n) is 8.60. The highest BCUT2D eigenvalue weighted by Crippen LogP contribution is 2.17. The number of pyridine rings is 1. The summed E-state index contributed by atoms with van der Waals surface area (Å²) >= 11 is 0. The van der Waals surface area contributed by atoms with Gasteiger partial charge in [0, 0.05) is 37.7 Å². The third kappa shape index (κ3) is 5.84. The number of carbonyl (C=O) groups excluding carboxylic acids is 2. The summed E-state index contributed by atoms with van der Waals surface area (Å²) in [6.45, 7) is 5.56. The summed E-state index contributed by atoms with van der Waals surface area (Å²) in [5.74, 6) is -0.178. The number of hydrogen-bond acceptors (Lipinski definition) is 5. The minimum atomic E-state index is -0.333. The second-order valence-corrected chi connectivity index (χ2v) is 8.60. The van der Waals surface area contributed by atoms with Gasteiger partial charge in [-0.3, -0.25) is 19.7 Å². The van der Waals surface area contributed by atoms with Crippen molar-refractivity contribution in [2.24, 2.45) is 0 Å². The van der Waals surface area contributed by atoms with Crippen molar-refractivity contribution in [3.8, 4) is 0 Å². The fourth-order valence-corrected chi connectivity index (χ4v) is 3.80. The van der Waals surface area contributed by atoms with Gasteiger partial charge in [0.15, 0.2) is 0 Å². The Morgan fingerprint density at radius 1 is 1.15 bits per heavy atom. The van der Waals surface area contributed by atoms with Crippen molar-refractivity contribution >= 4 is 11.8 Å². The number of H-pyrrole nitrogens is 1. The first kappa shape index (κ1) is 22.7. The molecule has 4 rings (SSSR count). The van der Waals surface area contributed by atoms with E-state index in [0.717, 1.165) is 16.8 Å². The molecule has 8 nitrogen and oxygen atoms in total. The number of aromatic amines is 1. The third-order valence-electron chi connectivity index (χ3n) is 5.68. The van der Waals surface area contributed by atoms with E-state index in [-0.39, 0.29) is 30.4 Å². The molecule has 2 amide bonds. The van der Waals surface area contributed by atoms with E-state index in [2.05, 4.69) is 15.2 Å². The molecule has 33 heavy (non-hydrogen) atoms. The molecule has 0 spiro atoms. The predicted molar refractivity (Wildman–Crippen MR) is 123 cm³/mol. The first-order valence-electron chi connectivity index (χ1n) is 11.2. The fourth-order valence-electron chi connectivity index (χ4n) is 3.80. The van der Waals surface area contributed by atoms with Crippen molar-refractivity contribution < 1.29 is 14.3 Å². The molecular formula is C25H29N5O3. The number of benzene rings is 1. The molecule has 1 saturated heterocycles. The number of hydrogen-bond donors (Lipinski definition) is 1. The molecule has 0 radical (unpaired) electrons. The third-order valence-corrected chi connectivity index (χ3v) is 5.68. The summed E-state index contributed by atoms with van der Waals surface area (Å²) in [4.78, 5) is 33.8. The number of carbonyl (C=O) groups is 2. The summed E-state index contributed by atoms with van der Waals surface area (Å²) in [5.41, 5.74) is 3.17. The van der Waals surface area contributed by atoms with Crippen molar-refractivity contribution in [2.75, 3.05) is 19.6 Å². The maximum Gasteiger partial charge on any atom is 0.274 e. The molecule has 1 atom stereocenters. The summed E-state index contributed by atoms with van der Waals surface area (Å²) < 4.78 is 6.19. The molecule has 8 heteroatoms. The lowest BCUT2D eigenvalue weighted by Gasteiger charge is -2.24. The molecule has 1 aliphatic heterocycles. The van der Waals surface area contributed by atoms with E-state index in [9.17, 15) is 9.59 Å². The lowest BCUT2D eigenvalue weighted by atomic mass is 10.1. The smallest absolute Gasteiger partial charge is 0.274 e. The highest BCUT2D eigenvalue weighted by Gasteiger charge is 2.32. The average Bonchev–Trinajstić information content (AvgIpc) is 3.27. The van der Waals surface area contributed by atoms with Gasteiger partial charge in [0.1, 0.15) is 12.2 Å². The van der Waals surface area contributed by atoms with Crippen molar-refractivity contribution in [3.63, 3.8) is 0 Å². The normalized spacial score (nSPS) is 16.8. The summed E-state index contributed by atoms with van der Waals surface area (Å²) in [5, 5.41) is 7.10. The van der Waals surface area contributed by atoms with E-state index in [1.165, 1.54) is 0 Å². The SMILES string of the molecule is CC(C)c1cc(C(=O)N2CC(=O)N(Cc3cccnc3)C[C@@H](OCc3ccccc3)C2)n[nH]1. The Labute approximate surface area is 193 Å². The molecule has 2 aromatic heterocycles.